The maximum Gasteiger partial charge on any atom is 0.257 e. The Morgan fingerprint density at radius 1 is 1.21 bits per heavy atom. The van der Waals surface area contributed by atoms with E-state index in [2.05, 4.69) is 30.6 Å². The zero-order chi connectivity index (χ0) is 20.3. The fraction of sp³-hybridized carbons (Fsp3) is 0.783. The summed E-state index contributed by atoms with van der Waals surface area (Å²) in [4.78, 5) is 25.5. The van der Waals surface area contributed by atoms with E-state index >= 15 is 0 Å². The predicted octanol–water partition coefficient (Wildman–Crippen LogP) is 3.46. The molecule has 1 heterocycles. The second-order valence-electron chi connectivity index (χ2n) is 10.7. The SMILES string of the molecule is CC(C)(C#N)NC(=O)C1=C[C@@]2(C)C(CC[C@@H]3[C@H]2CC[C@]2(C)CCC[C@@H]32)NC1=O. The molecular weight excluding hydrogens is 350 g/mol. The highest BCUT2D eigenvalue weighted by Crippen LogP contribution is 2.63. The van der Waals surface area contributed by atoms with Crippen molar-refractivity contribution in [2.24, 2.45) is 28.6 Å². The number of hydrogen-bond donors (Lipinski definition) is 2. The van der Waals surface area contributed by atoms with Crippen LogP contribution in [-0.4, -0.2) is 23.4 Å². The Bertz CT molecular complexity index is 779. The third-order valence-corrected chi connectivity index (χ3v) is 8.51. The number of carbonyl (C=O) groups is 2. The first kappa shape index (κ1) is 19.5. The Balaban J connectivity index is 1.66. The molecule has 5 nitrogen and oxygen atoms in total. The van der Waals surface area contributed by atoms with Crippen LogP contribution in [0.25, 0.3) is 0 Å². The molecule has 0 radical (unpaired) electrons. The molecule has 0 spiro atoms. The highest BCUT2D eigenvalue weighted by molar-refractivity contribution is 6.19. The van der Waals surface area contributed by atoms with Gasteiger partial charge < -0.3 is 10.6 Å². The second kappa shape index (κ2) is 6.34. The Kier molecular flexibility index (Phi) is 4.41. The lowest BCUT2D eigenvalue weighted by molar-refractivity contribution is -0.128. The van der Waals surface area contributed by atoms with Crippen LogP contribution in [0.1, 0.15) is 72.6 Å². The van der Waals surface area contributed by atoms with E-state index in [1.54, 1.807) is 13.8 Å². The van der Waals surface area contributed by atoms with Crippen LogP contribution in [0.2, 0.25) is 0 Å². The van der Waals surface area contributed by atoms with E-state index < -0.39 is 11.4 Å². The van der Waals surface area contributed by atoms with Crippen LogP contribution >= 0.6 is 0 Å². The molecule has 0 aromatic carbocycles. The zero-order valence-electron chi connectivity index (χ0n) is 17.6. The summed E-state index contributed by atoms with van der Waals surface area (Å²) >= 11 is 0. The van der Waals surface area contributed by atoms with Crippen molar-refractivity contribution in [3.63, 3.8) is 0 Å². The second-order valence-corrected chi connectivity index (χ2v) is 10.7. The van der Waals surface area contributed by atoms with Crippen LogP contribution in [0.5, 0.6) is 0 Å². The van der Waals surface area contributed by atoms with Crippen molar-refractivity contribution >= 4 is 11.8 Å². The van der Waals surface area contributed by atoms with Gasteiger partial charge in [0.2, 0.25) is 0 Å². The minimum absolute atomic E-state index is 0.104. The van der Waals surface area contributed by atoms with Gasteiger partial charge in [-0.3, -0.25) is 9.59 Å². The van der Waals surface area contributed by atoms with E-state index in [-0.39, 0.29) is 22.9 Å². The van der Waals surface area contributed by atoms with Gasteiger partial charge in [-0.1, -0.05) is 26.3 Å². The third kappa shape index (κ3) is 2.88. The van der Waals surface area contributed by atoms with Crippen LogP contribution in [0, 0.1) is 39.9 Å². The molecule has 1 aliphatic heterocycles. The minimum Gasteiger partial charge on any atom is -0.348 e. The van der Waals surface area contributed by atoms with E-state index in [0.29, 0.717) is 17.3 Å². The summed E-state index contributed by atoms with van der Waals surface area (Å²) in [6.07, 6.45) is 10.6. The smallest absolute Gasteiger partial charge is 0.257 e. The van der Waals surface area contributed by atoms with E-state index in [0.717, 1.165) is 12.3 Å². The average molecular weight is 384 g/mol. The molecule has 28 heavy (non-hydrogen) atoms. The van der Waals surface area contributed by atoms with Crippen molar-refractivity contribution in [3.8, 4) is 6.07 Å². The van der Waals surface area contributed by atoms with Gasteiger partial charge in [0.15, 0.2) is 0 Å². The molecule has 6 atom stereocenters. The van der Waals surface area contributed by atoms with E-state index in [1.807, 2.05) is 6.08 Å². The number of hydrogen-bond acceptors (Lipinski definition) is 3. The van der Waals surface area contributed by atoms with Crippen LogP contribution in [0.4, 0.5) is 0 Å². The molecule has 0 saturated heterocycles. The van der Waals surface area contributed by atoms with Gasteiger partial charge >= 0.3 is 0 Å². The van der Waals surface area contributed by atoms with Crippen LogP contribution < -0.4 is 10.6 Å². The summed E-state index contributed by atoms with van der Waals surface area (Å²) in [5.74, 6) is 1.24. The maximum absolute atomic E-state index is 12.8. The molecule has 152 valence electrons. The van der Waals surface area contributed by atoms with Gasteiger partial charge in [-0.25, -0.2) is 0 Å². The average Bonchev–Trinajstić information content (AvgIpc) is 3.03. The van der Waals surface area contributed by atoms with Gasteiger partial charge in [-0.2, -0.15) is 5.26 Å². The maximum atomic E-state index is 12.8. The van der Waals surface area contributed by atoms with Gasteiger partial charge in [0.25, 0.3) is 11.8 Å². The lowest BCUT2D eigenvalue weighted by atomic mass is 9.48. The summed E-state index contributed by atoms with van der Waals surface area (Å²) < 4.78 is 0. The molecule has 2 N–H and O–H groups in total. The topological polar surface area (TPSA) is 82.0 Å². The van der Waals surface area contributed by atoms with Crippen molar-refractivity contribution in [1.29, 1.82) is 5.26 Å². The number of nitrogens with zero attached hydrogens (tertiary/aromatic N) is 1. The van der Waals surface area contributed by atoms with E-state index in [4.69, 9.17) is 0 Å². The highest BCUT2D eigenvalue weighted by atomic mass is 16.2. The summed E-state index contributed by atoms with van der Waals surface area (Å²) in [6.45, 7) is 8.02. The number of fused-ring (bicyclic) bond motifs is 5. The van der Waals surface area contributed by atoms with Gasteiger partial charge in [-0.05, 0) is 75.5 Å². The van der Waals surface area contributed by atoms with Crippen molar-refractivity contribution in [2.75, 3.05) is 0 Å². The lowest BCUT2D eigenvalue weighted by Crippen LogP contribution is -2.61. The van der Waals surface area contributed by atoms with Crippen LogP contribution in [0.3, 0.4) is 0 Å². The molecule has 0 bridgehead atoms. The molecule has 0 aromatic rings. The highest BCUT2D eigenvalue weighted by Gasteiger charge is 2.58. The molecule has 0 aromatic heterocycles. The van der Waals surface area contributed by atoms with Crippen molar-refractivity contribution in [1.82, 2.24) is 10.6 Å². The van der Waals surface area contributed by atoms with Crippen molar-refractivity contribution < 1.29 is 9.59 Å². The Hall–Kier alpha value is -1.83. The molecule has 5 heteroatoms. The van der Waals surface area contributed by atoms with Gasteiger partial charge in [-0.15, -0.1) is 0 Å². The fourth-order valence-corrected chi connectivity index (χ4v) is 6.98. The molecule has 4 rings (SSSR count). The van der Waals surface area contributed by atoms with Crippen LogP contribution in [0.15, 0.2) is 11.6 Å². The van der Waals surface area contributed by atoms with Crippen molar-refractivity contribution in [3.05, 3.63) is 11.6 Å². The number of amides is 2. The lowest BCUT2D eigenvalue weighted by Gasteiger charge is -2.58. The van der Waals surface area contributed by atoms with Gasteiger partial charge in [0.1, 0.15) is 11.1 Å². The molecule has 3 fully saturated rings. The fourth-order valence-electron chi connectivity index (χ4n) is 6.98. The van der Waals surface area contributed by atoms with E-state index in [1.165, 1.54) is 38.5 Å². The van der Waals surface area contributed by atoms with E-state index in [9.17, 15) is 14.9 Å². The largest absolute Gasteiger partial charge is 0.348 e. The Morgan fingerprint density at radius 2 is 1.96 bits per heavy atom. The quantitative estimate of drug-likeness (QED) is 0.717. The first-order valence-corrected chi connectivity index (χ1v) is 10.9. The number of nitrogens with one attached hydrogen (secondary N) is 2. The number of carbonyl (C=O) groups excluding carboxylic acids is 2. The molecular formula is C23H33N3O2. The summed E-state index contributed by atoms with van der Waals surface area (Å²) in [5.41, 5.74) is -0.517. The molecule has 3 aliphatic carbocycles. The van der Waals surface area contributed by atoms with Gasteiger partial charge in [0, 0.05) is 11.5 Å². The monoisotopic (exact) mass is 383 g/mol. The zero-order valence-corrected chi connectivity index (χ0v) is 17.6. The Labute approximate surface area is 168 Å². The third-order valence-electron chi connectivity index (χ3n) is 8.51. The van der Waals surface area contributed by atoms with Gasteiger partial charge in [0.05, 0.1) is 6.07 Å². The van der Waals surface area contributed by atoms with Crippen molar-refractivity contribution in [2.45, 2.75) is 84.2 Å². The van der Waals surface area contributed by atoms with Crippen LogP contribution in [-0.2, 0) is 9.59 Å². The summed E-state index contributed by atoms with van der Waals surface area (Å²) in [6, 6.07) is 2.18. The predicted molar refractivity (Wildman–Crippen MR) is 107 cm³/mol. The summed E-state index contributed by atoms with van der Waals surface area (Å²) in [5, 5.41) is 15.1. The molecule has 4 aliphatic rings. The number of rotatable bonds is 2. The molecule has 3 saturated carbocycles. The molecule has 2 amide bonds. The number of nitriles is 1. The summed E-state index contributed by atoms with van der Waals surface area (Å²) in [7, 11) is 0. The first-order valence-electron chi connectivity index (χ1n) is 10.9. The normalized spacial score (nSPS) is 42.2. The first-order chi connectivity index (χ1) is 13.1. The Morgan fingerprint density at radius 3 is 2.68 bits per heavy atom. The molecule has 1 unspecified atom stereocenters. The standard InChI is InChI=1S/C23H33N3O2/c1-21(2,13-24)26-20(28)15-12-23(4)17-9-11-22(3)10-5-6-16(22)14(17)7-8-18(23)25-19(15)27/h12,14,16-18H,5-11H2,1-4H3,(H,25,27)(H,26,28)/t14-,16-,17+,18?,22-,23+/m0/s1. The minimum atomic E-state index is -0.998.